The van der Waals surface area contributed by atoms with Crippen molar-refractivity contribution in [1.82, 2.24) is 0 Å². The van der Waals surface area contributed by atoms with Crippen LogP contribution >= 0.6 is 0 Å². The average molecular weight is 354 g/mol. The number of hydrogen-bond acceptors (Lipinski definition) is 3. The fourth-order valence-corrected chi connectivity index (χ4v) is 2.56. The molecule has 26 heavy (non-hydrogen) atoms. The van der Waals surface area contributed by atoms with Gasteiger partial charge in [-0.15, -0.1) is 0 Å². The van der Waals surface area contributed by atoms with E-state index in [4.69, 9.17) is 4.74 Å². The standard InChI is InChI=1S/C23H30O3/c1-4-19(18-21(5-2)22(24)6-3)15-16-23(25)26-17-11-10-14-20-12-8-7-9-13-20/h4,7-10,12-14,18,21H,1,5-6,11,15-17H2,2-3H3. The third-order valence-corrected chi connectivity index (χ3v) is 4.15. The summed E-state index contributed by atoms with van der Waals surface area (Å²) in [6.07, 6.45) is 10.5. The lowest BCUT2D eigenvalue weighted by atomic mass is 9.95. The molecule has 0 heterocycles. The predicted octanol–water partition coefficient (Wildman–Crippen LogP) is 5.53. The normalized spacial score (nSPS) is 12.8. The summed E-state index contributed by atoms with van der Waals surface area (Å²) in [7, 11) is 0. The van der Waals surface area contributed by atoms with Crippen LogP contribution in [0.3, 0.4) is 0 Å². The molecule has 0 spiro atoms. The number of hydrogen-bond donors (Lipinski definition) is 0. The first-order chi connectivity index (χ1) is 12.6. The Morgan fingerprint density at radius 2 is 1.88 bits per heavy atom. The van der Waals surface area contributed by atoms with E-state index in [0.717, 1.165) is 17.6 Å². The average Bonchev–Trinajstić information content (AvgIpc) is 2.68. The minimum absolute atomic E-state index is 0.0906. The van der Waals surface area contributed by atoms with Crippen molar-refractivity contribution in [3.05, 3.63) is 66.3 Å². The number of esters is 1. The van der Waals surface area contributed by atoms with Crippen molar-refractivity contribution in [2.75, 3.05) is 6.61 Å². The van der Waals surface area contributed by atoms with Gasteiger partial charge in [0.2, 0.25) is 0 Å². The molecule has 1 rings (SSSR count). The number of benzene rings is 1. The van der Waals surface area contributed by atoms with Crippen molar-refractivity contribution in [3.8, 4) is 0 Å². The van der Waals surface area contributed by atoms with Gasteiger partial charge in [-0.25, -0.2) is 0 Å². The molecule has 3 heteroatoms. The largest absolute Gasteiger partial charge is 0.465 e. The van der Waals surface area contributed by atoms with E-state index < -0.39 is 0 Å². The molecule has 0 N–H and O–H groups in total. The highest BCUT2D eigenvalue weighted by molar-refractivity contribution is 5.82. The van der Waals surface area contributed by atoms with Gasteiger partial charge in [-0.05, 0) is 24.8 Å². The van der Waals surface area contributed by atoms with Crippen LogP contribution < -0.4 is 0 Å². The summed E-state index contributed by atoms with van der Waals surface area (Å²) < 4.78 is 5.26. The second-order valence-electron chi connectivity index (χ2n) is 6.10. The smallest absolute Gasteiger partial charge is 0.306 e. The second-order valence-corrected chi connectivity index (χ2v) is 6.10. The Balaban J connectivity index is 2.34. The van der Waals surface area contributed by atoms with Gasteiger partial charge >= 0.3 is 5.97 Å². The summed E-state index contributed by atoms with van der Waals surface area (Å²) >= 11 is 0. The van der Waals surface area contributed by atoms with E-state index in [1.165, 1.54) is 0 Å². The number of ether oxygens (including phenoxy) is 1. The van der Waals surface area contributed by atoms with Crippen LogP contribution in [0.25, 0.3) is 6.08 Å². The Bertz CT molecular complexity index is 626. The lowest BCUT2D eigenvalue weighted by Crippen LogP contribution is -2.11. The maximum absolute atomic E-state index is 11.9. The second kappa shape index (κ2) is 12.9. The van der Waals surface area contributed by atoms with Gasteiger partial charge in [0.15, 0.2) is 0 Å². The number of rotatable bonds is 12. The Labute approximate surface area is 157 Å². The first-order valence-corrected chi connectivity index (χ1v) is 9.33. The van der Waals surface area contributed by atoms with Crippen LogP contribution in [0.15, 0.2) is 60.7 Å². The Morgan fingerprint density at radius 3 is 2.50 bits per heavy atom. The van der Waals surface area contributed by atoms with Crippen molar-refractivity contribution in [3.63, 3.8) is 0 Å². The molecule has 0 bridgehead atoms. The van der Waals surface area contributed by atoms with Crippen LogP contribution in [-0.2, 0) is 14.3 Å². The molecular weight excluding hydrogens is 324 g/mol. The SMILES string of the molecule is C=CC(=CC(CC)C(=O)CC)CCC(=O)OCCC=Cc1ccccc1. The van der Waals surface area contributed by atoms with Gasteiger partial charge in [-0.1, -0.05) is 80.6 Å². The summed E-state index contributed by atoms with van der Waals surface area (Å²) in [5.41, 5.74) is 2.06. The summed E-state index contributed by atoms with van der Waals surface area (Å²) in [5, 5.41) is 0. The van der Waals surface area contributed by atoms with E-state index in [1.54, 1.807) is 6.08 Å². The monoisotopic (exact) mass is 354 g/mol. The Kier molecular flexibility index (Phi) is 10.7. The third kappa shape index (κ3) is 8.61. The number of carbonyl (C=O) groups excluding carboxylic acids is 2. The number of ketones is 1. The van der Waals surface area contributed by atoms with Gasteiger partial charge in [-0.2, -0.15) is 0 Å². The zero-order valence-electron chi connectivity index (χ0n) is 15.9. The van der Waals surface area contributed by atoms with Crippen molar-refractivity contribution in [1.29, 1.82) is 0 Å². The van der Waals surface area contributed by atoms with E-state index in [9.17, 15) is 9.59 Å². The fraction of sp³-hybridized carbons (Fsp3) is 0.391. The van der Waals surface area contributed by atoms with Crippen LogP contribution in [0.1, 0.15) is 51.5 Å². The highest BCUT2D eigenvalue weighted by atomic mass is 16.5. The lowest BCUT2D eigenvalue weighted by molar-refractivity contribution is -0.143. The number of allylic oxidation sites excluding steroid dienone is 3. The topological polar surface area (TPSA) is 43.4 Å². The molecule has 1 aromatic rings. The molecule has 0 aliphatic rings. The Morgan fingerprint density at radius 1 is 1.15 bits per heavy atom. The predicted molar refractivity (Wildman–Crippen MR) is 108 cm³/mol. The van der Waals surface area contributed by atoms with Crippen LogP contribution in [-0.4, -0.2) is 18.4 Å². The molecule has 140 valence electrons. The molecule has 1 unspecified atom stereocenters. The fourth-order valence-electron chi connectivity index (χ4n) is 2.56. The molecule has 0 radical (unpaired) electrons. The minimum Gasteiger partial charge on any atom is -0.465 e. The van der Waals surface area contributed by atoms with Crippen molar-refractivity contribution < 1.29 is 14.3 Å². The highest BCUT2D eigenvalue weighted by Crippen LogP contribution is 2.16. The van der Waals surface area contributed by atoms with Crippen molar-refractivity contribution in [2.24, 2.45) is 5.92 Å². The quantitative estimate of drug-likeness (QED) is 0.281. The van der Waals surface area contributed by atoms with E-state index in [-0.39, 0.29) is 17.7 Å². The zero-order valence-corrected chi connectivity index (χ0v) is 15.9. The van der Waals surface area contributed by atoms with Gasteiger partial charge in [0, 0.05) is 18.8 Å². The zero-order chi connectivity index (χ0) is 19.2. The molecule has 0 amide bonds. The maximum atomic E-state index is 11.9. The van der Waals surface area contributed by atoms with Crippen LogP contribution in [0.5, 0.6) is 0 Å². The van der Waals surface area contributed by atoms with Gasteiger partial charge in [0.25, 0.3) is 0 Å². The first-order valence-electron chi connectivity index (χ1n) is 9.33. The molecule has 1 aromatic carbocycles. The third-order valence-electron chi connectivity index (χ3n) is 4.15. The van der Waals surface area contributed by atoms with E-state index in [1.807, 2.05) is 62.4 Å². The maximum Gasteiger partial charge on any atom is 0.306 e. The molecule has 0 saturated heterocycles. The molecule has 0 aliphatic carbocycles. The first kappa shape index (κ1) is 21.6. The van der Waals surface area contributed by atoms with Gasteiger partial charge < -0.3 is 4.74 Å². The number of carbonyl (C=O) groups is 2. The summed E-state index contributed by atoms with van der Waals surface area (Å²) in [6.45, 7) is 8.03. The van der Waals surface area contributed by atoms with Crippen LogP contribution in [0.4, 0.5) is 0 Å². The summed E-state index contributed by atoms with van der Waals surface area (Å²) in [5.74, 6) is -0.0903. The van der Waals surface area contributed by atoms with Gasteiger partial charge in [-0.3, -0.25) is 9.59 Å². The molecule has 0 aromatic heterocycles. The summed E-state index contributed by atoms with van der Waals surface area (Å²) in [4.78, 5) is 23.7. The van der Waals surface area contributed by atoms with E-state index >= 15 is 0 Å². The van der Waals surface area contributed by atoms with E-state index in [2.05, 4.69) is 6.58 Å². The minimum atomic E-state index is -0.222. The molecule has 1 atom stereocenters. The van der Waals surface area contributed by atoms with E-state index in [0.29, 0.717) is 32.3 Å². The lowest BCUT2D eigenvalue weighted by Gasteiger charge is -2.10. The summed E-state index contributed by atoms with van der Waals surface area (Å²) in [6, 6.07) is 10.0. The molecule has 0 fully saturated rings. The van der Waals surface area contributed by atoms with Gasteiger partial charge in [0.05, 0.1) is 6.61 Å². The van der Waals surface area contributed by atoms with Crippen molar-refractivity contribution in [2.45, 2.75) is 46.0 Å². The number of Topliss-reactive ketones (excluding diaryl/α,β-unsaturated/α-hetero) is 1. The Hall–Kier alpha value is -2.42. The molecule has 0 aliphatic heterocycles. The molecule has 3 nitrogen and oxygen atoms in total. The molecule has 0 saturated carbocycles. The van der Waals surface area contributed by atoms with Crippen molar-refractivity contribution >= 4 is 17.8 Å². The molecular formula is C23H30O3. The highest BCUT2D eigenvalue weighted by Gasteiger charge is 2.12. The van der Waals surface area contributed by atoms with Crippen LogP contribution in [0, 0.1) is 5.92 Å². The van der Waals surface area contributed by atoms with Crippen LogP contribution in [0.2, 0.25) is 0 Å². The van der Waals surface area contributed by atoms with Gasteiger partial charge in [0.1, 0.15) is 5.78 Å².